The highest BCUT2D eigenvalue weighted by molar-refractivity contribution is 6.04. The van der Waals surface area contributed by atoms with E-state index < -0.39 is 17.6 Å². The first-order valence-corrected chi connectivity index (χ1v) is 7.04. The van der Waals surface area contributed by atoms with Crippen LogP contribution in [0.4, 0.5) is 13.2 Å². The van der Waals surface area contributed by atoms with Crippen LogP contribution in [0.3, 0.4) is 0 Å². The molecule has 1 amide bonds. The Bertz CT molecular complexity index is 557. The van der Waals surface area contributed by atoms with Gasteiger partial charge in [0.25, 0.3) is 11.9 Å². The molecule has 1 aromatic carbocycles. The number of halogens is 3. The van der Waals surface area contributed by atoms with Gasteiger partial charge in [-0.25, -0.2) is 4.99 Å². The van der Waals surface area contributed by atoms with Crippen LogP contribution in [0, 0.1) is 0 Å². The number of amides is 1. The Morgan fingerprint density at radius 2 is 2.04 bits per heavy atom. The number of hydrogen-bond acceptors (Lipinski definition) is 4. The lowest BCUT2D eigenvalue weighted by atomic mass is 10.1. The molecule has 0 spiro atoms. The number of benzene rings is 1. The molecule has 0 atom stereocenters. The number of amidine groups is 1. The zero-order valence-corrected chi connectivity index (χ0v) is 13.3. The number of alkyl halides is 3. The standard InChI is InChI=1S/C15H20F3N3O2/c1-4-23-14(19-8-9-21(2)3)20-13(22)11-6-5-7-12(10-11)15(16,17)18/h5-7,10H,4,8-9H2,1-3H3,(H,19,20,22). The second kappa shape index (κ2) is 8.52. The largest absolute Gasteiger partial charge is 0.465 e. The first-order chi connectivity index (χ1) is 10.7. The van der Waals surface area contributed by atoms with Gasteiger partial charge in [-0.3, -0.25) is 10.1 Å². The van der Waals surface area contributed by atoms with Gasteiger partial charge in [-0.2, -0.15) is 13.2 Å². The van der Waals surface area contributed by atoms with Gasteiger partial charge in [-0.1, -0.05) is 6.07 Å². The molecular formula is C15H20F3N3O2. The molecule has 0 aliphatic heterocycles. The van der Waals surface area contributed by atoms with Gasteiger partial charge in [0.1, 0.15) is 0 Å². The van der Waals surface area contributed by atoms with Crippen LogP contribution in [0.25, 0.3) is 0 Å². The molecule has 0 bridgehead atoms. The van der Waals surface area contributed by atoms with Gasteiger partial charge in [0.05, 0.1) is 18.7 Å². The SMILES string of the molecule is CCOC(=NCCN(C)C)NC(=O)c1cccc(C(F)(F)F)c1. The van der Waals surface area contributed by atoms with Crippen molar-refractivity contribution < 1.29 is 22.7 Å². The topological polar surface area (TPSA) is 53.9 Å². The first kappa shape index (κ1) is 19.0. The molecule has 128 valence electrons. The summed E-state index contributed by atoms with van der Waals surface area (Å²) in [4.78, 5) is 18.0. The van der Waals surface area contributed by atoms with Crippen LogP contribution in [-0.2, 0) is 10.9 Å². The normalized spacial score (nSPS) is 12.4. The number of ether oxygens (including phenoxy) is 1. The maximum atomic E-state index is 12.7. The van der Waals surface area contributed by atoms with E-state index in [-0.39, 0.29) is 18.2 Å². The van der Waals surface area contributed by atoms with Gasteiger partial charge >= 0.3 is 6.18 Å². The van der Waals surface area contributed by atoms with E-state index in [0.29, 0.717) is 13.1 Å². The molecule has 5 nitrogen and oxygen atoms in total. The molecule has 0 unspecified atom stereocenters. The molecule has 0 heterocycles. The molecule has 1 rings (SSSR count). The molecule has 0 saturated heterocycles. The summed E-state index contributed by atoms with van der Waals surface area (Å²) >= 11 is 0. The molecular weight excluding hydrogens is 311 g/mol. The van der Waals surface area contributed by atoms with E-state index in [1.165, 1.54) is 12.1 Å². The van der Waals surface area contributed by atoms with Crippen LogP contribution in [0.1, 0.15) is 22.8 Å². The number of carbonyl (C=O) groups is 1. The number of carbonyl (C=O) groups excluding carboxylic acids is 1. The van der Waals surface area contributed by atoms with Crippen molar-refractivity contribution in [1.29, 1.82) is 0 Å². The third-order valence-electron chi connectivity index (χ3n) is 2.76. The van der Waals surface area contributed by atoms with E-state index in [2.05, 4.69) is 10.3 Å². The van der Waals surface area contributed by atoms with Crippen LogP contribution in [0.15, 0.2) is 29.3 Å². The molecule has 0 aliphatic carbocycles. The van der Waals surface area contributed by atoms with Crippen molar-refractivity contribution >= 4 is 11.9 Å². The zero-order valence-electron chi connectivity index (χ0n) is 13.3. The number of nitrogens with one attached hydrogen (secondary N) is 1. The summed E-state index contributed by atoms with van der Waals surface area (Å²) < 4.78 is 43.2. The van der Waals surface area contributed by atoms with Gasteiger partial charge < -0.3 is 9.64 Å². The average Bonchev–Trinajstić information content (AvgIpc) is 2.46. The highest BCUT2D eigenvalue weighted by Gasteiger charge is 2.31. The quantitative estimate of drug-likeness (QED) is 0.666. The molecule has 0 aliphatic rings. The minimum Gasteiger partial charge on any atom is -0.465 e. The summed E-state index contributed by atoms with van der Waals surface area (Å²) in [5.41, 5.74) is -0.993. The maximum absolute atomic E-state index is 12.7. The lowest BCUT2D eigenvalue weighted by molar-refractivity contribution is -0.137. The number of hydrogen-bond donors (Lipinski definition) is 1. The molecule has 23 heavy (non-hydrogen) atoms. The number of aliphatic imine (C=N–C) groups is 1. The van der Waals surface area contributed by atoms with Crippen molar-refractivity contribution in [2.45, 2.75) is 13.1 Å². The van der Waals surface area contributed by atoms with E-state index in [0.717, 1.165) is 12.1 Å². The summed E-state index contributed by atoms with van der Waals surface area (Å²) in [6, 6.07) is 4.18. The van der Waals surface area contributed by atoms with Crippen molar-refractivity contribution in [3.05, 3.63) is 35.4 Å². The minimum absolute atomic E-state index is 0.00300. The van der Waals surface area contributed by atoms with Crippen LogP contribution < -0.4 is 5.32 Å². The monoisotopic (exact) mass is 331 g/mol. The van der Waals surface area contributed by atoms with Crippen LogP contribution in [0.5, 0.6) is 0 Å². The van der Waals surface area contributed by atoms with E-state index in [4.69, 9.17) is 4.74 Å². The molecule has 1 aromatic rings. The molecule has 0 aromatic heterocycles. The van der Waals surface area contributed by atoms with Gasteiger partial charge in [0.15, 0.2) is 0 Å². The Labute approximate surface area is 133 Å². The molecule has 0 radical (unpaired) electrons. The Hall–Kier alpha value is -2.09. The fourth-order valence-corrected chi connectivity index (χ4v) is 1.62. The first-order valence-electron chi connectivity index (χ1n) is 7.04. The number of nitrogens with zero attached hydrogens (tertiary/aromatic N) is 2. The molecule has 0 saturated carbocycles. The van der Waals surface area contributed by atoms with E-state index in [1.54, 1.807) is 6.92 Å². The Balaban J connectivity index is 2.82. The van der Waals surface area contributed by atoms with Crippen molar-refractivity contribution in [3.63, 3.8) is 0 Å². The molecule has 0 fully saturated rings. The van der Waals surface area contributed by atoms with Crippen LogP contribution in [0.2, 0.25) is 0 Å². The van der Waals surface area contributed by atoms with Crippen molar-refractivity contribution in [2.24, 2.45) is 4.99 Å². The highest BCUT2D eigenvalue weighted by Crippen LogP contribution is 2.29. The predicted molar refractivity (Wildman–Crippen MR) is 81.4 cm³/mol. The van der Waals surface area contributed by atoms with Crippen molar-refractivity contribution in [3.8, 4) is 0 Å². The second-order valence-electron chi connectivity index (χ2n) is 4.96. The van der Waals surface area contributed by atoms with Gasteiger partial charge in [0.2, 0.25) is 0 Å². The summed E-state index contributed by atoms with van der Waals surface area (Å²) in [6.45, 7) is 3.04. The zero-order chi connectivity index (χ0) is 17.5. The lowest BCUT2D eigenvalue weighted by Crippen LogP contribution is -2.33. The number of likely N-dealkylation sites (N-methyl/N-ethyl adjacent to an activating group) is 1. The third kappa shape index (κ3) is 6.68. The maximum Gasteiger partial charge on any atom is 0.416 e. The summed E-state index contributed by atoms with van der Waals surface area (Å²) in [6.07, 6.45) is -4.50. The molecule has 8 heteroatoms. The van der Waals surface area contributed by atoms with Crippen molar-refractivity contribution in [1.82, 2.24) is 10.2 Å². The Morgan fingerprint density at radius 1 is 1.35 bits per heavy atom. The average molecular weight is 331 g/mol. The van der Waals surface area contributed by atoms with E-state index in [1.807, 2.05) is 19.0 Å². The second-order valence-corrected chi connectivity index (χ2v) is 4.96. The van der Waals surface area contributed by atoms with E-state index in [9.17, 15) is 18.0 Å². The fourth-order valence-electron chi connectivity index (χ4n) is 1.62. The third-order valence-corrected chi connectivity index (χ3v) is 2.76. The highest BCUT2D eigenvalue weighted by atomic mass is 19.4. The summed E-state index contributed by atoms with van der Waals surface area (Å²) in [7, 11) is 3.74. The van der Waals surface area contributed by atoms with Crippen molar-refractivity contribution in [2.75, 3.05) is 33.8 Å². The smallest absolute Gasteiger partial charge is 0.416 e. The van der Waals surface area contributed by atoms with Crippen LogP contribution >= 0.6 is 0 Å². The predicted octanol–water partition coefficient (Wildman–Crippen LogP) is 2.39. The van der Waals surface area contributed by atoms with E-state index >= 15 is 0 Å². The lowest BCUT2D eigenvalue weighted by Gasteiger charge is -2.12. The fraction of sp³-hybridized carbons (Fsp3) is 0.467. The van der Waals surface area contributed by atoms with Gasteiger partial charge in [-0.15, -0.1) is 0 Å². The Kier molecular flexibility index (Phi) is 7.02. The Morgan fingerprint density at radius 3 is 2.61 bits per heavy atom. The summed E-state index contributed by atoms with van der Waals surface area (Å²) in [5.74, 6) is -0.701. The van der Waals surface area contributed by atoms with Gasteiger partial charge in [-0.05, 0) is 39.2 Å². The molecule has 1 N–H and O–H groups in total. The van der Waals surface area contributed by atoms with Gasteiger partial charge in [0, 0.05) is 12.1 Å². The number of rotatable bonds is 5. The summed E-state index contributed by atoms with van der Waals surface area (Å²) in [5, 5.41) is 2.39. The van der Waals surface area contributed by atoms with Crippen LogP contribution in [-0.4, -0.2) is 50.6 Å². The minimum atomic E-state index is -4.50.